The van der Waals surface area contributed by atoms with E-state index in [-0.39, 0.29) is 12.4 Å². The molecule has 4 rings (SSSR count). The van der Waals surface area contributed by atoms with Gasteiger partial charge in [-0.05, 0) is 41.7 Å². The molecule has 4 aromatic rings. The van der Waals surface area contributed by atoms with Gasteiger partial charge in [-0.1, -0.05) is 106 Å². The van der Waals surface area contributed by atoms with Crippen molar-refractivity contribution in [3.8, 4) is 0 Å². The number of halogens is 1. The molecule has 7 heteroatoms. The topological polar surface area (TPSA) is 66.5 Å². The highest BCUT2D eigenvalue weighted by Gasteiger charge is 2.19. The SMILES string of the molecule is CC(C)CNc1c(N)c(N(Cc2ccccc2)Cc2ccccc2)nc2ccccc12.CCCCN=C=S.Cl. The zero-order valence-electron chi connectivity index (χ0n) is 23.1. The number of nitrogens with one attached hydrogen (secondary N) is 1. The molecule has 0 amide bonds. The Bertz CT molecular complexity index is 1270. The number of anilines is 3. The van der Waals surface area contributed by atoms with E-state index in [1.165, 1.54) is 17.5 Å². The lowest BCUT2D eigenvalue weighted by atomic mass is 10.1. The number of fused-ring (bicyclic) bond motifs is 1. The van der Waals surface area contributed by atoms with E-state index in [4.69, 9.17) is 10.7 Å². The Morgan fingerprint density at radius 1 is 0.923 bits per heavy atom. The molecular weight excluding hydrogens is 522 g/mol. The molecule has 0 atom stereocenters. The van der Waals surface area contributed by atoms with Crippen LogP contribution in [0.3, 0.4) is 0 Å². The van der Waals surface area contributed by atoms with Crippen molar-refractivity contribution in [2.75, 3.05) is 29.0 Å². The number of aliphatic imine (C=N–C) groups is 1. The van der Waals surface area contributed by atoms with Crippen LogP contribution < -0.4 is 16.0 Å². The Balaban J connectivity index is 0.000000592. The van der Waals surface area contributed by atoms with Crippen molar-refractivity contribution >= 4 is 57.9 Å². The van der Waals surface area contributed by atoms with Gasteiger partial charge in [0.25, 0.3) is 0 Å². The van der Waals surface area contributed by atoms with Gasteiger partial charge < -0.3 is 16.0 Å². The summed E-state index contributed by atoms with van der Waals surface area (Å²) in [5.41, 5.74) is 11.9. The van der Waals surface area contributed by atoms with E-state index in [2.05, 4.69) is 114 Å². The molecule has 3 N–H and O–H groups in total. The number of nitrogen functional groups attached to an aromatic ring is 1. The van der Waals surface area contributed by atoms with Crippen LogP contribution in [0.5, 0.6) is 0 Å². The second kappa shape index (κ2) is 17.2. The van der Waals surface area contributed by atoms with Crippen LogP contribution in [0.4, 0.5) is 17.2 Å². The third-order valence-electron chi connectivity index (χ3n) is 6.02. The summed E-state index contributed by atoms with van der Waals surface area (Å²) in [7, 11) is 0. The van der Waals surface area contributed by atoms with Crippen LogP contribution in [0.2, 0.25) is 0 Å². The largest absolute Gasteiger partial charge is 0.394 e. The lowest BCUT2D eigenvalue weighted by molar-refractivity contribution is 0.689. The van der Waals surface area contributed by atoms with Crippen LogP contribution in [0.15, 0.2) is 89.9 Å². The molecule has 0 unspecified atom stereocenters. The van der Waals surface area contributed by atoms with Crippen molar-refractivity contribution in [1.29, 1.82) is 0 Å². The minimum absolute atomic E-state index is 0. The molecule has 3 aromatic carbocycles. The number of para-hydroxylation sites is 1. The fourth-order valence-electron chi connectivity index (χ4n) is 4.05. The number of unbranched alkanes of at least 4 members (excludes halogenated alkanes) is 1. The molecule has 0 spiro atoms. The van der Waals surface area contributed by atoms with Crippen molar-refractivity contribution in [2.45, 2.75) is 46.7 Å². The maximum Gasteiger partial charge on any atom is 0.155 e. The van der Waals surface area contributed by atoms with Crippen molar-refractivity contribution < 1.29 is 0 Å². The number of hydrogen-bond donors (Lipinski definition) is 2. The number of pyridine rings is 1. The Morgan fingerprint density at radius 3 is 2.03 bits per heavy atom. The van der Waals surface area contributed by atoms with Crippen LogP contribution >= 0.6 is 24.6 Å². The molecule has 39 heavy (non-hydrogen) atoms. The number of benzene rings is 3. The van der Waals surface area contributed by atoms with Gasteiger partial charge in [0.2, 0.25) is 0 Å². The second-order valence-electron chi connectivity index (χ2n) is 9.67. The Morgan fingerprint density at radius 2 is 1.49 bits per heavy atom. The maximum atomic E-state index is 6.78. The number of hydrogen-bond acceptors (Lipinski definition) is 6. The molecule has 0 aliphatic rings. The average Bonchev–Trinajstić information content (AvgIpc) is 2.94. The van der Waals surface area contributed by atoms with E-state index in [1.807, 2.05) is 24.3 Å². The highest BCUT2D eigenvalue weighted by atomic mass is 35.5. The lowest BCUT2D eigenvalue weighted by Gasteiger charge is -2.27. The van der Waals surface area contributed by atoms with Crippen LogP contribution in [0.1, 0.15) is 44.7 Å². The molecule has 0 saturated carbocycles. The molecule has 0 aliphatic carbocycles. The molecular formula is C32H40ClN5S. The first-order chi connectivity index (χ1) is 18.5. The van der Waals surface area contributed by atoms with Gasteiger partial charge >= 0.3 is 0 Å². The van der Waals surface area contributed by atoms with Crippen LogP contribution in [0.25, 0.3) is 10.9 Å². The Labute approximate surface area is 245 Å². The quantitative estimate of drug-likeness (QED) is 0.109. The highest BCUT2D eigenvalue weighted by Crippen LogP contribution is 2.37. The van der Waals surface area contributed by atoms with Gasteiger partial charge in [-0.15, -0.1) is 12.4 Å². The van der Waals surface area contributed by atoms with Crippen LogP contribution in [-0.4, -0.2) is 23.2 Å². The summed E-state index contributed by atoms with van der Waals surface area (Å²) in [5.74, 6) is 1.33. The molecule has 0 bridgehead atoms. The highest BCUT2D eigenvalue weighted by molar-refractivity contribution is 7.78. The molecule has 1 aromatic heterocycles. The van der Waals surface area contributed by atoms with E-state index < -0.39 is 0 Å². The van der Waals surface area contributed by atoms with Crippen molar-refractivity contribution in [3.05, 3.63) is 96.1 Å². The Hall–Kier alpha value is -3.44. The van der Waals surface area contributed by atoms with Crippen molar-refractivity contribution in [2.24, 2.45) is 10.9 Å². The molecule has 206 valence electrons. The predicted molar refractivity (Wildman–Crippen MR) is 174 cm³/mol. The van der Waals surface area contributed by atoms with Gasteiger partial charge in [-0.2, -0.15) is 0 Å². The van der Waals surface area contributed by atoms with Gasteiger partial charge in [0.05, 0.1) is 22.1 Å². The number of aromatic nitrogens is 1. The lowest BCUT2D eigenvalue weighted by Crippen LogP contribution is -2.25. The maximum absolute atomic E-state index is 6.78. The van der Waals surface area contributed by atoms with E-state index >= 15 is 0 Å². The standard InChI is InChI=1S/C27H30N4.C5H9NS.ClH/c1-20(2)17-29-26-23-15-9-10-16-24(23)30-27(25(26)28)31(18-21-11-5-3-6-12-21)19-22-13-7-4-8-14-22;1-2-3-4-6-5-7;/h3-16,20H,17-19,28H2,1-2H3,(H,29,30);2-4H2,1H3;1H. The van der Waals surface area contributed by atoms with E-state index in [0.717, 1.165) is 55.0 Å². The third kappa shape index (κ3) is 9.99. The van der Waals surface area contributed by atoms with Crippen molar-refractivity contribution in [3.63, 3.8) is 0 Å². The molecule has 1 heterocycles. The fourth-order valence-corrected chi connectivity index (χ4v) is 4.14. The summed E-state index contributed by atoms with van der Waals surface area (Å²) < 4.78 is 0. The fraction of sp³-hybridized carbons (Fsp3) is 0.312. The van der Waals surface area contributed by atoms with Crippen LogP contribution in [0, 0.1) is 5.92 Å². The van der Waals surface area contributed by atoms with Gasteiger partial charge in [-0.25, -0.2) is 9.98 Å². The summed E-state index contributed by atoms with van der Waals surface area (Å²) in [5, 5.41) is 6.96. The normalized spacial score (nSPS) is 10.2. The van der Waals surface area contributed by atoms with Gasteiger partial charge in [0, 0.05) is 31.6 Å². The zero-order chi connectivity index (χ0) is 27.2. The average molecular weight is 562 g/mol. The van der Waals surface area contributed by atoms with Gasteiger partial charge in [0.1, 0.15) is 0 Å². The second-order valence-corrected chi connectivity index (χ2v) is 9.85. The molecule has 0 saturated heterocycles. The summed E-state index contributed by atoms with van der Waals surface area (Å²) in [6.45, 7) is 9.69. The number of nitrogens with two attached hydrogens (primary N) is 1. The van der Waals surface area contributed by atoms with E-state index in [0.29, 0.717) is 11.6 Å². The number of isothiocyanates is 1. The smallest absolute Gasteiger partial charge is 0.155 e. The summed E-state index contributed by atoms with van der Waals surface area (Å²) in [6.07, 6.45) is 2.31. The minimum Gasteiger partial charge on any atom is -0.394 e. The third-order valence-corrected chi connectivity index (χ3v) is 6.15. The number of thiocarbonyl (C=S) groups is 1. The number of rotatable bonds is 11. The summed E-state index contributed by atoms with van der Waals surface area (Å²) in [4.78, 5) is 11.0. The van der Waals surface area contributed by atoms with E-state index in [1.54, 1.807) is 0 Å². The molecule has 0 aliphatic heterocycles. The summed E-state index contributed by atoms with van der Waals surface area (Å²) in [6, 6.07) is 29.2. The first-order valence-electron chi connectivity index (χ1n) is 13.3. The predicted octanol–water partition coefficient (Wildman–Crippen LogP) is 8.40. The molecule has 5 nitrogen and oxygen atoms in total. The Kier molecular flexibility index (Phi) is 14.0. The summed E-state index contributed by atoms with van der Waals surface area (Å²) >= 11 is 4.35. The first kappa shape index (κ1) is 31.8. The number of nitrogens with zero attached hydrogens (tertiary/aromatic N) is 3. The van der Waals surface area contributed by atoms with Crippen molar-refractivity contribution in [1.82, 2.24) is 4.98 Å². The molecule has 0 fully saturated rings. The molecule has 0 radical (unpaired) electrons. The van der Waals surface area contributed by atoms with E-state index in [9.17, 15) is 0 Å². The minimum atomic E-state index is 0. The van der Waals surface area contributed by atoms with Gasteiger partial charge in [-0.3, -0.25) is 0 Å². The van der Waals surface area contributed by atoms with Gasteiger partial charge in [0.15, 0.2) is 5.82 Å². The zero-order valence-corrected chi connectivity index (χ0v) is 24.8. The van der Waals surface area contributed by atoms with Crippen LogP contribution in [-0.2, 0) is 13.1 Å². The monoisotopic (exact) mass is 561 g/mol. The first-order valence-corrected chi connectivity index (χ1v) is 13.7.